The molecule has 0 atom stereocenters. The van der Waals surface area contributed by atoms with E-state index in [0.29, 0.717) is 0 Å². The summed E-state index contributed by atoms with van der Waals surface area (Å²) in [6.07, 6.45) is -5.22. The fourth-order valence-electron chi connectivity index (χ4n) is 1.08. The van der Waals surface area contributed by atoms with Crippen LogP contribution in [0.2, 0.25) is 5.02 Å². The second-order valence-corrected chi connectivity index (χ2v) is 3.70. The number of carbonyl (C=O) groups is 1. The largest absolute Gasteiger partial charge is 0.364 e. The molecule has 0 fully saturated rings. The van der Waals surface area contributed by atoms with Gasteiger partial charge in [-0.3, -0.25) is 4.79 Å². The summed E-state index contributed by atoms with van der Waals surface area (Å²) < 4.78 is 62.0. The van der Waals surface area contributed by atoms with E-state index < -0.39 is 35.9 Å². The Morgan fingerprint density at radius 2 is 1.94 bits per heavy atom. The van der Waals surface area contributed by atoms with Crippen LogP contribution >= 0.6 is 11.6 Å². The molecule has 0 N–H and O–H groups in total. The fourth-order valence-corrected chi connectivity index (χ4v) is 1.24. The van der Waals surface area contributed by atoms with E-state index in [9.17, 15) is 26.7 Å². The van der Waals surface area contributed by atoms with Crippen LogP contribution in [0.3, 0.4) is 0 Å². The van der Waals surface area contributed by atoms with Crippen molar-refractivity contribution in [2.24, 2.45) is 0 Å². The van der Waals surface area contributed by atoms with Crippen molar-refractivity contribution in [3.05, 3.63) is 34.6 Å². The lowest BCUT2D eigenvalue weighted by molar-refractivity contribution is -0.166. The Labute approximate surface area is 98.2 Å². The molecular weight excluding hydrogens is 267 g/mol. The van der Waals surface area contributed by atoms with E-state index in [0.717, 1.165) is 12.1 Å². The maximum Gasteiger partial charge on any atom is 0.364 e. The molecule has 0 aliphatic rings. The number of ketones is 1. The molecule has 17 heavy (non-hydrogen) atoms. The van der Waals surface area contributed by atoms with Crippen LogP contribution in [0, 0.1) is 5.82 Å². The highest BCUT2D eigenvalue weighted by Crippen LogP contribution is 2.26. The van der Waals surface area contributed by atoms with Gasteiger partial charge in [-0.2, -0.15) is 8.78 Å². The van der Waals surface area contributed by atoms with Crippen molar-refractivity contribution in [1.29, 1.82) is 0 Å². The van der Waals surface area contributed by atoms with Gasteiger partial charge in [-0.1, -0.05) is 17.7 Å². The molecule has 94 valence electrons. The average Bonchev–Trinajstić information content (AvgIpc) is 2.21. The lowest BCUT2D eigenvalue weighted by atomic mass is 10.0. The molecule has 0 spiro atoms. The summed E-state index contributed by atoms with van der Waals surface area (Å²) in [5, 5.41) is 0.0133. The highest BCUT2D eigenvalue weighted by molar-refractivity contribution is 6.30. The van der Waals surface area contributed by atoms with E-state index in [1.54, 1.807) is 0 Å². The molecule has 7 heteroatoms. The molecule has 0 aromatic heterocycles. The number of hydrogen-bond donors (Lipinski definition) is 0. The van der Waals surface area contributed by atoms with Crippen molar-refractivity contribution in [3.63, 3.8) is 0 Å². The maximum atomic E-state index is 13.1. The van der Waals surface area contributed by atoms with Gasteiger partial charge in [-0.25, -0.2) is 13.2 Å². The quantitative estimate of drug-likeness (QED) is 0.767. The van der Waals surface area contributed by atoms with Gasteiger partial charge >= 0.3 is 12.3 Å². The third kappa shape index (κ3) is 3.15. The molecule has 0 amide bonds. The van der Waals surface area contributed by atoms with Crippen molar-refractivity contribution in [2.45, 2.75) is 18.8 Å². The van der Waals surface area contributed by atoms with Gasteiger partial charge < -0.3 is 0 Å². The SMILES string of the molecule is O=C(Cc1ccc(Cl)cc1F)C(F)(F)C(F)F. The number of Topliss-reactive ketones (excluding diaryl/α,β-unsaturated/α-hetero) is 1. The molecule has 0 saturated carbocycles. The number of hydrogen-bond acceptors (Lipinski definition) is 1. The van der Waals surface area contributed by atoms with Gasteiger partial charge in [0.2, 0.25) is 5.78 Å². The molecule has 0 aliphatic heterocycles. The van der Waals surface area contributed by atoms with Gasteiger partial charge in [0, 0.05) is 11.4 Å². The number of alkyl halides is 4. The minimum atomic E-state index is -4.77. The first-order chi connectivity index (χ1) is 7.75. The zero-order valence-corrected chi connectivity index (χ0v) is 8.95. The molecule has 1 rings (SSSR count). The first-order valence-electron chi connectivity index (χ1n) is 4.38. The highest BCUT2D eigenvalue weighted by Gasteiger charge is 2.48. The summed E-state index contributed by atoms with van der Waals surface area (Å²) in [5.74, 6) is -7.80. The number of carbonyl (C=O) groups excluding carboxylic acids is 1. The average molecular weight is 273 g/mol. The van der Waals surface area contributed by atoms with Crippen LogP contribution in [0.5, 0.6) is 0 Å². The minimum Gasteiger partial charge on any atom is -0.292 e. The molecule has 1 aromatic carbocycles. The van der Waals surface area contributed by atoms with Crippen molar-refractivity contribution >= 4 is 17.4 Å². The van der Waals surface area contributed by atoms with Crippen LogP contribution < -0.4 is 0 Å². The number of halogens is 6. The normalized spacial score (nSPS) is 11.9. The van der Waals surface area contributed by atoms with Crippen LogP contribution in [0.1, 0.15) is 5.56 Å². The summed E-state index contributed by atoms with van der Waals surface area (Å²) in [6, 6.07) is 2.98. The van der Waals surface area contributed by atoms with Gasteiger partial charge in [0.1, 0.15) is 5.82 Å². The summed E-state index contributed by atoms with van der Waals surface area (Å²) in [5.41, 5.74) is -0.403. The molecule has 0 radical (unpaired) electrons. The summed E-state index contributed by atoms with van der Waals surface area (Å²) in [7, 11) is 0. The van der Waals surface area contributed by atoms with E-state index in [1.165, 1.54) is 6.07 Å². The predicted octanol–water partition coefficient (Wildman–Crippen LogP) is 3.49. The van der Waals surface area contributed by atoms with Gasteiger partial charge in [0.15, 0.2) is 0 Å². The Hall–Kier alpha value is -1.17. The lowest BCUT2D eigenvalue weighted by Gasteiger charge is -2.13. The molecule has 0 bridgehead atoms. The van der Waals surface area contributed by atoms with E-state index in [2.05, 4.69) is 0 Å². The first-order valence-corrected chi connectivity index (χ1v) is 4.76. The predicted molar refractivity (Wildman–Crippen MR) is 51.1 cm³/mol. The van der Waals surface area contributed by atoms with Crippen molar-refractivity contribution in [1.82, 2.24) is 0 Å². The first kappa shape index (κ1) is 13.9. The Kier molecular flexibility index (Phi) is 4.08. The molecule has 0 unspecified atom stereocenters. The van der Waals surface area contributed by atoms with E-state index in [-0.39, 0.29) is 5.02 Å². The Morgan fingerprint density at radius 1 is 1.35 bits per heavy atom. The third-order valence-electron chi connectivity index (χ3n) is 2.01. The molecule has 0 saturated heterocycles. The number of rotatable bonds is 4. The molecular formula is C10H6ClF5O. The van der Waals surface area contributed by atoms with E-state index >= 15 is 0 Å². The van der Waals surface area contributed by atoms with Gasteiger partial charge in [-0.15, -0.1) is 0 Å². The monoisotopic (exact) mass is 272 g/mol. The second kappa shape index (κ2) is 5.00. The van der Waals surface area contributed by atoms with Crippen molar-refractivity contribution in [2.75, 3.05) is 0 Å². The van der Waals surface area contributed by atoms with Crippen LogP contribution in [0.25, 0.3) is 0 Å². The van der Waals surface area contributed by atoms with Crippen LogP contribution in [0.4, 0.5) is 22.0 Å². The lowest BCUT2D eigenvalue weighted by Crippen LogP contribution is -2.37. The maximum absolute atomic E-state index is 13.1. The van der Waals surface area contributed by atoms with Crippen LogP contribution in [-0.2, 0) is 11.2 Å². The van der Waals surface area contributed by atoms with Gasteiger partial charge in [0.25, 0.3) is 0 Å². The summed E-state index contributed by atoms with van der Waals surface area (Å²) in [4.78, 5) is 10.9. The fraction of sp³-hybridized carbons (Fsp3) is 0.300. The van der Waals surface area contributed by atoms with Crippen molar-refractivity contribution < 1.29 is 26.7 Å². The zero-order chi connectivity index (χ0) is 13.2. The second-order valence-electron chi connectivity index (χ2n) is 3.26. The van der Waals surface area contributed by atoms with E-state index in [1.807, 2.05) is 0 Å². The highest BCUT2D eigenvalue weighted by atomic mass is 35.5. The van der Waals surface area contributed by atoms with E-state index in [4.69, 9.17) is 11.6 Å². The topological polar surface area (TPSA) is 17.1 Å². The standard InChI is InChI=1S/C10H6ClF5O/c11-6-2-1-5(7(12)4-6)3-8(17)10(15,16)9(13)14/h1-2,4,9H,3H2. The third-order valence-corrected chi connectivity index (χ3v) is 2.25. The Morgan fingerprint density at radius 3 is 2.41 bits per heavy atom. The Balaban J connectivity index is 2.89. The zero-order valence-electron chi connectivity index (χ0n) is 8.19. The van der Waals surface area contributed by atoms with Gasteiger partial charge in [-0.05, 0) is 17.7 Å². The molecule has 1 nitrogen and oxygen atoms in total. The molecule has 1 aromatic rings. The Bertz CT molecular complexity index is 433. The van der Waals surface area contributed by atoms with Gasteiger partial charge in [0.05, 0.1) is 0 Å². The summed E-state index contributed by atoms with van der Waals surface area (Å²) in [6.45, 7) is 0. The smallest absolute Gasteiger partial charge is 0.292 e. The molecule has 0 heterocycles. The van der Waals surface area contributed by atoms with Crippen LogP contribution in [-0.4, -0.2) is 18.1 Å². The molecule has 0 aliphatic carbocycles. The minimum absolute atomic E-state index is 0.0133. The number of benzene rings is 1. The van der Waals surface area contributed by atoms with Crippen LogP contribution in [0.15, 0.2) is 18.2 Å². The van der Waals surface area contributed by atoms with Crippen molar-refractivity contribution in [3.8, 4) is 0 Å². The summed E-state index contributed by atoms with van der Waals surface area (Å²) >= 11 is 5.40.